The van der Waals surface area contributed by atoms with Crippen LogP contribution >= 0.6 is 11.6 Å². The van der Waals surface area contributed by atoms with Crippen LogP contribution in [-0.4, -0.2) is 46.7 Å². The van der Waals surface area contributed by atoms with Crippen LogP contribution in [0.15, 0.2) is 61.4 Å². The van der Waals surface area contributed by atoms with Crippen LogP contribution in [0.25, 0.3) is 16.7 Å². The monoisotopic (exact) mass is 502 g/mol. The molecule has 0 spiro atoms. The normalized spacial score (nSPS) is 13.6. The van der Waals surface area contributed by atoms with E-state index in [0.717, 1.165) is 59.7 Å². The number of rotatable bonds is 6. The van der Waals surface area contributed by atoms with Crippen LogP contribution in [0.1, 0.15) is 11.1 Å². The maximum Gasteiger partial charge on any atom is 0.247 e. The summed E-state index contributed by atoms with van der Waals surface area (Å²) in [4.78, 5) is 23.2. The molecule has 36 heavy (non-hydrogen) atoms. The highest BCUT2D eigenvalue weighted by Gasteiger charge is 2.16. The zero-order chi connectivity index (χ0) is 25.2. The lowest BCUT2D eigenvalue weighted by Crippen LogP contribution is -2.36. The molecule has 0 atom stereocenters. The van der Waals surface area contributed by atoms with Crippen LogP contribution < -0.4 is 15.5 Å². The van der Waals surface area contributed by atoms with Crippen molar-refractivity contribution in [2.75, 3.05) is 41.8 Å². The number of fused-ring (bicyclic) bond motifs is 1. The number of hydrogen-bond acceptors (Lipinski definition) is 6. The van der Waals surface area contributed by atoms with Gasteiger partial charge in [0, 0.05) is 41.7 Å². The van der Waals surface area contributed by atoms with Gasteiger partial charge in [0.1, 0.15) is 5.02 Å². The Hall–Kier alpha value is -3.88. The first-order valence-corrected chi connectivity index (χ1v) is 12.1. The molecule has 5 rings (SSSR count). The van der Waals surface area contributed by atoms with Crippen molar-refractivity contribution in [2.24, 2.45) is 0 Å². The van der Waals surface area contributed by atoms with Crippen molar-refractivity contribution in [3.8, 4) is 5.82 Å². The molecule has 2 aromatic carbocycles. The lowest BCUT2D eigenvalue weighted by molar-refractivity contribution is -0.111. The van der Waals surface area contributed by atoms with E-state index in [9.17, 15) is 4.79 Å². The topological polar surface area (TPSA) is 84.3 Å². The molecular formula is C27H27ClN6O2. The molecule has 0 bridgehead atoms. The van der Waals surface area contributed by atoms with Crippen LogP contribution in [0, 0.1) is 13.8 Å². The van der Waals surface area contributed by atoms with E-state index in [1.165, 1.54) is 6.08 Å². The van der Waals surface area contributed by atoms with Gasteiger partial charge in [0.15, 0.2) is 5.82 Å². The fourth-order valence-corrected chi connectivity index (χ4v) is 4.64. The Bertz CT molecular complexity index is 1440. The highest BCUT2D eigenvalue weighted by atomic mass is 35.5. The van der Waals surface area contributed by atoms with E-state index in [1.807, 2.05) is 48.9 Å². The van der Waals surface area contributed by atoms with E-state index in [4.69, 9.17) is 21.3 Å². The van der Waals surface area contributed by atoms with Gasteiger partial charge in [0.05, 0.1) is 24.9 Å². The average Bonchev–Trinajstić information content (AvgIpc) is 3.22. The van der Waals surface area contributed by atoms with Crippen molar-refractivity contribution in [3.05, 3.63) is 77.6 Å². The first kappa shape index (κ1) is 23.8. The minimum atomic E-state index is -0.252. The summed E-state index contributed by atoms with van der Waals surface area (Å²) in [6, 6.07) is 12.1. The van der Waals surface area contributed by atoms with Gasteiger partial charge in [-0.05, 0) is 67.4 Å². The third kappa shape index (κ3) is 4.78. The van der Waals surface area contributed by atoms with Crippen LogP contribution in [0.4, 0.5) is 23.0 Å². The van der Waals surface area contributed by atoms with Gasteiger partial charge in [0.2, 0.25) is 11.9 Å². The maximum atomic E-state index is 11.8. The summed E-state index contributed by atoms with van der Waals surface area (Å²) >= 11 is 6.56. The molecule has 1 aliphatic heterocycles. The maximum absolute atomic E-state index is 11.8. The average molecular weight is 503 g/mol. The van der Waals surface area contributed by atoms with Gasteiger partial charge >= 0.3 is 0 Å². The smallest absolute Gasteiger partial charge is 0.247 e. The summed E-state index contributed by atoms with van der Waals surface area (Å²) in [5.41, 5.74) is 5.73. The zero-order valence-corrected chi connectivity index (χ0v) is 21.0. The molecule has 1 saturated heterocycles. The number of ether oxygens (including phenoxy) is 1. The van der Waals surface area contributed by atoms with Crippen molar-refractivity contribution in [1.82, 2.24) is 14.5 Å². The van der Waals surface area contributed by atoms with E-state index in [2.05, 4.69) is 39.2 Å². The van der Waals surface area contributed by atoms with Crippen LogP contribution in [0.5, 0.6) is 0 Å². The first-order chi connectivity index (χ1) is 17.4. The van der Waals surface area contributed by atoms with Gasteiger partial charge in [0.25, 0.3) is 0 Å². The third-order valence-corrected chi connectivity index (χ3v) is 6.46. The standard InChI is InChI=1S/C27H27ClN6O2/c1-4-24(35)30-20-13-17(2)25-22(14-20)18(3)16-34(25)26-23(28)15-29-27(32-26)31-19-5-7-21(8-6-19)33-9-11-36-12-10-33/h4-8,13-16H,1,9-12H2,2-3H3,(H,30,35)(H,29,31,32). The molecule has 3 heterocycles. The molecule has 0 unspecified atom stereocenters. The van der Waals surface area contributed by atoms with Gasteiger partial charge in [-0.3, -0.25) is 9.36 Å². The Morgan fingerprint density at radius 1 is 1.11 bits per heavy atom. The van der Waals surface area contributed by atoms with Crippen molar-refractivity contribution < 1.29 is 9.53 Å². The van der Waals surface area contributed by atoms with Crippen molar-refractivity contribution >= 4 is 51.4 Å². The Kier molecular flexibility index (Phi) is 6.63. The second kappa shape index (κ2) is 10.0. The molecule has 0 radical (unpaired) electrons. The molecule has 1 fully saturated rings. The Labute approximate surface area is 214 Å². The molecule has 184 valence electrons. The van der Waals surface area contributed by atoms with Gasteiger partial charge < -0.3 is 20.3 Å². The summed E-state index contributed by atoms with van der Waals surface area (Å²) in [6.45, 7) is 10.8. The van der Waals surface area contributed by atoms with E-state index in [0.29, 0.717) is 22.5 Å². The molecular weight excluding hydrogens is 476 g/mol. The molecule has 0 aliphatic carbocycles. The molecule has 2 aromatic heterocycles. The number of nitrogens with one attached hydrogen (secondary N) is 2. The predicted octanol–water partition coefficient (Wildman–Crippen LogP) is 5.40. The highest BCUT2D eigenvalue weighted by Crippen LogP contribution is 2.32. The molecule has 2 N–H and O–H groups in total. The summed E-state index contributed by atoms with van der Waals surface area (Å²) in [6.07, 6.45) is 4.85. The number of amides is 1. The highest BCUT2D eigenvalue weighted by molar-refractivity contribution is 6.32. The number of aryl methyl sites for hydroxylation is 2. The molecule has 9 heteroatoms. The molecule has 1 aliphatic rings. The second-order valence-electron chi connectivity index (χ2n) is 8.70. The number of carbonyl (C=O) groups is 1. The second-order valence-corrected chi connectivity index (χ2v) is 9.11. The fraction of sp³-hybridized carbons (Fsp3) is 0.222. The van der Waals surface area contributed by atoms with E-state index in [-0.39, 0.29) is 5.91 Å². The largest absolute Gasteiger partial charge is 0.378 e. The van der Waals surface area contributed by atoms with Gasteiger partial charge in [-0.15, -0.1) is 0 Å². The van der Waals surface area contributed by atoms with Crippen LogP contribution in [0.2, 0.25) is 5.02 Å². The summed E-state index contributed by atoms with van der Waals surface area (Å²) in [5.74, 6) is 0.766. The van der Waals surface area contributed by atoms with Crippen molar-refractivity contribution in [2.45, 2.75) is 13.8 Å². The van der Waals surface area contributed by atoms with Gasteiger partial charge in [-0.2, -0.15) is 4.98 Å². The Morgan fingerprint density at radius 2 is 1.86 bits per heavy atom. The predicted molar refractivity (Wildman–Crippen MR) is 145 cm³/mol. The third-order valence-electron chi connectivity index (χ3n) is 6.20. The fourth-order valence-electron chi connectivity index (χ4n) is 4.45. The van der Waals surface area contributed by atoms with Crippen LogP contribution in [-0.2, 0) is 9.53 Å². The molecule has 8 nitrogen and oxygen atoms in total. The number of aromatic nitrogens is 3. The number of benzene rings is 2. The molecule has 1 amide bonds. The summed E-state index contributed by atoms with van der Waals surface area (Å²) in [5, 5.41) is 7.55. The van der Waals surface area contributed by atoms with Gasteiger partial charge in [-0.25, -0.2) is 4.98 Å². The minimum Gasteiger partial charge on any atom is -0.378 e. The number of hydrogen-bond donors (Lipinski definition) is 2. The van der Waals surface area contributed by atoms with Crippen molar-refractivity contribution in [3.63, 3.8) is 0 Å². The Balaban J connectivity index is 1.45. The Morgan fingerprint density at radius 3 is 2.58 bits per heavy atom. The zero-order valence-electron chi connectivity index (χ0n) is 20.2. The molecule has 4 aromatic rings. The van der Waals surface area contributed by atoms with Gasteiger partial charge in [-0.1, -0.05) is 18.2 Å². The van der Waals surface area contributed by atoms with E-state index >= 15 is 0 Å². The molecule has 0 saturated carbocycles. The van der Waals surface area contributed by atoms with E-state index < -0.39 is 0 Å². The number of anilines is 4. The van der Waals surface area contributed by atoms with Crippen molar-refractivity contribution in [1.29, 1.82) is 0 Å². The minimum absolute atomic E-state index is 0.252. The number of halogens is 1. The number of morpholine rings is 1. The lowest BCUT2D eigenvalue weighted by Gasteiger charge is -2.28. The SMILES string of the molecule is C=CC(=O)Nc1cc(C)c2c(c1)c(C)cn2-c1nc(Nc2ccc(N3CCOCC3)cc2)ncc1Cl. The first-order valence-electron chi connectivity index (χ1n) is 11.7. The van der Waals surface area contributed by atoms with Crippen LogP contribution in [0.3, 0.4) is 0 Å². The lowest BCUT2D eigenvalue weighted by atomic mass is 10.1. The quantitative estimate of drug-likeness (QED) is 0.344. The number of carbonyl (C=O) groups excluding carboxylic acids is 1. The summed E-state index contributed by atoms with van der Waals surface area (Å²) in [7, 11) is 0. The number of nitrogens with zero attached hydrogens (tertiary/aromatic N) is 4. The van der Waals surface area contributed by atoms with E-state index in [1.54, 1.807) is 6.20 Å². The summed E-state index contributed by atoms with van der Waals surface area (Å²) < 4.78 is 7.41.